The van der Waals surface area contributed by atoms with Crippen molar-refractivity contribution in [2.75, 3.05) is 18.0 Å². The van der Waals surface area contributed by atoms with Gasteiger partial charge in [-0.1, -0.05) is 31.2 Å². The standard InChI is InChI=1S/C19H26N2/c1-4-13-20-15-17-11-12-19(14-16(17)3)21(5-2)18-9-7-6-8-10-18/h6-12,14,20H,4-5,13,15H2,1-3H3. The van der Waals surface area contributed by atoms with Crippen LogP contribution in [-0.2, 0) is 6.54 Å². The van der Waals surface area contributed by atoms with E-state index >= 15 is 0 Å². The smallest absolute Gasteiger partial charge is 0.0413 e. The third-order valence-electron chi connectivity index (χ3n) is 3.76. The summed E-state index contributed by atoms with van der Waals surface area (Å²) in [6.45, 7) is 9.59. The van der Waals surface area contributed by atoms with E-state index in [1.807, 2.05) is 0 Å². The second kappa shape index (κ2) is 7.84. The highest BCUT2D eigenvalue weighted by atomic mass is 15.1. The summed E-state index contributed by atoms with van der Waals surface area (Å²) in [5, 5.41) is 3.47. The minimum absolute atomic E-state index is 0.956. The fourth-order valence-corrected chi connectivity index (χ4v) is 2.57. The average molecular weight is 282 g/mol. The summed E-state index contributed by atoms with van der Waals surface area (Å²) in [5.41, 5.74) is 5.25. The Morgan fingerprint density at radius 3 is 2.33 bits per heavy atom. The fraction of sp³-hybridized carbons (Fsp3) is 0.368. The molecule has 0 radical (unpaired) electrons. The summed E-state index contributed by atoms with van der Waals surface area (Å²) >= 11 is 0. The predicted octanol–water partition coefficient (Wildman–Crippen LogP) is 4.65. The van der Waals surface area contributed by atoms with Crippen molar-refractivity contribution in [3.63, 3.8) is 0 Å². The van der Waals surface area contributed by atoms with E-state index in [4.69, 9.17) is 0 Å². The molecule has 0 saturated heterocycles. The molecular weight excluding hydrogens is 256 g/mol. The zero-order valence-electron chi connectivity index (χ0n) is 13.4. The normalized spacial score (nSPS) is 10.6. The van der Waals surface area contributed by atoms with Crippen LogP contribution in [0.15, 0.2) is 48.5 Å². The van der Waals surface area contributed by atoms with Gasteiger partial charge in [0.25, 0.3) is 0 Å². The van der Waals surface area contributed by atoms with Gasteiger partial charge in [-0.15, -0.1) is 0 Å². The van der Waals surface area contributed by atoms with Gasteiger partial charge in [0, 0.05) is 24.5 Å². The number of benzene rings is 2. The molecule has 0 spiro atoms. The van der Waals surface area contributed by atoms with Crippen molar-refractivity contribution in [1.82, 2.24) is 5.32 Å². The van der Waals surface area contributed by atoms with E-state index < -0.39 is 0 Å². The molecule has 0 aliphatic heterocycles. The molecule has 0 saturated carbocycles. The summed E-state index contributed by atoms with van der Waals surface area (Å²) in [6.07, 6.45) is 1.18. The molecule has 0 aliphatic rings. The monoisotopic (exact) mass is 282 g/mol. The zero-order chi connectivity index (χ0) is 15.1. The summed E-state index contributed by atoms with van der Waals surface area (Å²) in [5.74, 6) is 0. The summed E-state index contributed by atoms with van der Waals surface area (Å²) in [7, 11) is 0. The number of para-hydroxylation sites is 1. The minimum Gasteiger partial charge on any atom is -0.342 e. The van der Waals surface area contributed by atoms with Crippen LogP contribution >= 0.6 is 0 Å². The van der Waals surface area contributed by atoms with Gasteiger partial charge >= 0.3 is 0 Å². The lowest BCUT2D eigenvalue weighted by molar-refractivity contribution is 0.673. The van der Waals surface area contributed by atoms with E-state index in [2.05, 4.69) is 79.5 Å². The number of hydrogen-bond donors (Lipinski definition) is 1. The zero-order valence-corrected chi connectivity index (χ0v) is 13.4. The molecule has 2 aromatic rings. The van der Waals surface area contributed by atoms with Gasteiger partial charge in [-0.05, 0) is 62.2 Å². The number of nitrogens with one attached hydrogen (secondary N) is 1. The quantitative estimate of drug-likeness (QED) is 0.743. The maximum atomic E-state index is 3.47. The number of anilines is 2. The van der Waals surface area contributed by atoms with Crippen molar-refractivity contribution in [3.05, 3.63) is 59.7 Å². The largest absolute Gasteiger partial charge is 0.342 e. The molecule has 0 heterocycles. The molecule has 2 aromatic carbocycles. The Morgan fingerprint density at radius 1 is 0.952 bits per heavy atom. The fourth-order valence-electron chi connectivity index (χ4n) is 2.57. The second-order valence-electron chi connectivity index (χ2n) is 5.37. The molecule has 1 N–H and O–H groups in total. The van der Waals surface area contributed by atoms with Crippen molar-refractivity contribution in [2.45, 2.75) is 33.7 Å². The Balaban J connectivity index is 2.18. The van der Waals surface area contributed by atoms with Crippen molar-refractivity contribution in [1.29, 1.82) is 0 Å². The number of hydrogen-bond acceptors (Lipinski definition) is 2. The molecule has 0 atom stereocenters. The minimum atomic E-state index is 0.956. The first-order chi connectivity index (χ1) is 10.3. The van der Waals surface area contributed by atoms with E-state index in [0.717, 1.165) is 19.6 Å². The molecule has 112 valence electrons. The highest BCUT2D eigenvalue weighted by Gasteiger charge is 2.08. The van der Waals surface area contributed by atoms with Crippen molar-refractivity contribution >= 4 is 11.4 Å². The van der Waals surface area contributed by atoms with Crippen molar-refractivity contribution in [3.8, 4) is 0 Å². The van der Waals surface area contributed by atoms with E-state index in [0.29, 0.717) is 0 Å². The summed E-state index contributed by atoms with van der Waals surface area (Å²) < 4.78 is 0. The van der Waals surface area contributed by atoms with Gasteiger partial charge in [0.1, 0.15) is 0 Å². The molecular formula is C19H26N2. The van der Waals surface area contributed by atoms with Gasteiger partial charge in [0.15, 0.2) is 0 Å². The van der Waals surface area contributed by atoms with Crippen LogP contribution in [0.1, 0.15) is 31.4 Å². The number of aryl methyl sites for hydroxylation is 1. The van der Waals surface area contributed by atoms with E-state index in [9.17, 15) is 0 Å². The van der Waals surface area contributed by atoms with Crippen molar-refractivity contribution in [2.24, 2.45) is 0 Å². The molecule has 2 rings (SSSR count). The second-order valence-corrected chi connectivity index (χ2v) is 5.37. The maximum absolute atomic E-state index is 3.47. The van der Waals surface area contributed by atoms with Gasteiger partial charge in [0.05, 0.1) is 0 Å². The number of nitrogens with zero attached hydrogens (tertiary/aromatic N) is 1. The Bertz CT molecular complexity index is 549. The molecule has 2 nitrogen and oxygen atoms in total. The van der Waals surface area contributed by atoms with Gasteiger partial charge in [0.2, 0.25) is 0 Å². The molecule has 0 aromatic heterocycles. The summed E-state index contributed by atoms with van der Waals surface area (Å²) in [6, 6.07) is 17.3. The first kappa shape index (κ1) is 15.6. The SMILES string of the molecule is CCCNCc1ccc(N(CC)c2ccccc2)cc1C. The molecule has 0 fully saturated rings. The number of rotatable bonds is 7. The van der Waals surface area contributed by atoms with Crippen LogP contribution in [0, 0.1) is 6.92 Å². The molecule has 0 aliphatic carbocycles. The van der Waals surface area contributed by atoms with Crippen LogP contribution in [0.5, 0.6) is 0 Å². The molecule has 0 amide bonds. The molecule has 0 unspecified atom stereocenters. The van der Waals surface area contributed by atoms with Gasteiger partial charge < -0.3 is 10.2 Å². The highest BCUT2D eigenvalue weighted by Crippen LogP contribution is 2.26. The Hall–Kier alpha value is -1.80. The van der Waals surface area contributed by atoms with Crippen LogP contribution in [0.25, 0.3) is 0 Å². The summed E-state index contributed by atoms with van der Waals surface area (Å²) in [4.78, 5) is 2.34. The highest BCUT2D eigenvalue weighted by molar-refractivity contribution is 5.64. The van der Waals surface area contributed by atoms with Crippen LogP contribution in [0.2, 0.25) is 0 Å². The lowest BCUT2D eigenvalue weighted by atomic mass is 10.1. The predicted molar refractivity (Wildman–Crippen MR) is 92.3 cm³/mol. The lowest BCUT2D eigenvalue weighted by Gasteiger charge is -2.24. The van der Waals surface area contributed by atoms with Gasteiger partial charge in [-0.25, -0.2) is 0 Å². The van der Waals surface area contributed by atoms with Gasteiger partial charge in [-0.3, -0.25) is 0 Å². The average Bonchev–Trinajstić information content (AvgIpc) is 2.51. The van der Waals surface area contributed by atoms with E-state index in [-0.39, 0.29) is 0 Å². The third kappa shape index (κ3) is 4.08. The van der Waals surface area contributed by atoms with E-state index in [1.165, 1.54) is 28.9 Å². The van der Waals surface area contributed by atoms with Crippen LogP contribution < -0.4 is 10.2 Å². The lowest BCUT2D eigenvalue weighted by Crippen LogP contribution is -2.17. The first-order valence-electron chi connectivity index (χ1n) is 7.89. The van der Waals surface area contributed by atoms with Crippen LogP contribution in [0.4, 0.5) is 11.4 Å². The van der Waals surface area contributed by atoms with Crippen LogP contribution in [0.3, 0.4) is 0 Å². The Labute approximate surface area is 128 Å². The molecule has 2 heteroatoms. The first-order valence-corrected chi connectivity index (χ1v) is 7.89. The Kier molecular flexibility index (Phi) is 5.82. The Morgan fingerprint density at radius 2 is 1.71 bits per heavy atom. The third-order valence-corrected chi connectivity index (χ3v) is 3.76. The topological polar surface area (TPSA) is 15.3 Å². The molecule has 0 bridgehead atoms. The van der Waals surface area contributed by atoms with Crippen molar-refractivity contribution < 1.29 is 0 Å². The maximum Gasteiger partial charge on any atom is 0.0413 e. The van der Waals surface area contributed by atoms with Gasteiger partial charge in [-0.2, -0.15) is 0 Å². The van der Waals surface area contributed by atoms with E-state index in [1.54, 1.807) is 0 Å². The van der Waals surface area contributed by atoms with Crippen LogP contribution in [-0.4, -0.2) is 13.1 Å². The molecule has 21 heavy (non-hydrogen) atoms.